The molecule has 0 radical (unpaired) electrons. The van der Waals surface area contributed by atoms with Gasteiger partial charge in [-0.1, -0.05) is 0 Å². The summed E-state index contributed by atoms with van der Waals surface area (Å²) in [6.07, 6.45) is -0.645. The second-order valence-electron chi connectivity index (χ2n) is 6.59. The Bertz CT molecular complexity index is 1180. The van der Waals surface area contributed by atoms with Crippen molar-refractivity contribution in [3.63, 3.8) is 0 Å². The number of aliphatic hydroxyl groups is 1. The van der Waals surface area contributed by atoms with E-state index in [1.807, 2.05) is 4.90 Å². The predicted molar refractivity (Wildman–Crippen MR) is 98.7 cm³/mol. The largest absolute Gasteiger partial charge is 0.511 e. The van der Waals surface area contributed by atoms with Crippen molar-refractivity contribution >= 4 is 23.0 Å². The fourth-order valence-corrected chi connectivity index (χ4v) is 3.32. The van der Waals surface area contributed by atoms with Crippen molar-refractivity contribution in [3.8, 4) is 11.4 Å². The molecule has 0 amide bonds. The molecule has 1 aromatic carbocycles. The smallest absolute Gasteiger partial charge is 0.449 e. The summed E-state index contributed by atoms with van der Waals surface area (Å²) in [5.74, 6) is -1.81. The number of fused-ring (bicyclic) bond motifs is 1. The van der Waals surface area contributed by atoms with Crippen LogP contribution in [0.15, 0.2) is 41.3 Å². The Morgan fingerprint density at radius 2 is 2.03 bits per heavy atom. The maximum absolute atomic E-state index is 14.4. The number of hydrogen-bond donors (Lipinski definition) is 2. The molecular formula is C19H15F2N3O5. The highest BCUT2D eigenvalue weighted by Crippen LogP contribution is 2.25. The maximum Gasteiger partial charge on any atom is 0.511 e. The third-order valence-corrected chi connectivity index (χ3v) is 4.66. The molecule has 0 saturated carbocycles. The van der Waals surface area contributed by atoms with E-state index in [0.717, 1.165) is 22.9 Å². The Kier molecular flexibility index (Phi) is 4.63. The SMILES string of the molecule is O=C(O)Oc1cn(-c2ccc(F)cc2F)c2nc(N3CCC(O)C3)ccc2c1=O. The summed E-state index contributed by atoms with van der Waals surface area (Å²) in [5.41, 5.74) is -0.837. The summed E-state index contributed by atoms with van der Waals surface area (Å²) < 4.78 is 33.5. The summed E-state index contributed by atoms with van der Waals surface area (Å²) >= 11 is 0. The second kappa shape index (κ2) is 7.13. The van der Waals surface area contributed by atoms with E-state index < -0.39 is 35.1 Å². The Hall–Kier alpha value is -3.53. The number of β-amino-alcohol motifs (C(OH)–C–C–N with tert-alkyl or cyclic N) is 1. The highest BCUT2D eigenvalue weighted by Gasteiger charge is 2.23. The fourth-order valence-electron chi connectivity index (χ4n) is 3.32. The van der Waals surface area contributed by atoms with Gasteiger partial charge in [0.1, 0.15) is 17.5 Å². The van der Waals surface area contributed by atoms with Crippen molar-refractivity contribution in [2.24, 2.45) is 0 Å². The van der Waals surface area contributed by atoms with E-state index in [9.17, 15) is 23.5 Å². The average molecular weight is 403 g/mol. The van der Waals surface area contributed by atoms with Gasteiger partial charge in [0.15, 0.2) is 11.4 Å². The first kappa shape index (κ1) is 18.8. The molecule has 10 heteroatoms. The lowest BCUT2D eigenvalue weighted by Crippen LogP contribution is -2.23. The van der Waals surface area contributed by atoms with Crippen LogP contribution in [-0.2, 0) is 0 Å². The van der Waals surface area contributed by atoms with E-state index in [0.29, 0.717) is 31.4 Å². The Labute approximate surface area is 162 Å². The number of aliphatic hydroxyl groups excluding tert-OH is 1. The zero-order valence-electron chi connectivity index (χ0n) is 14.9. The van der Waals surface area contributed by atoms with Gasteiger partial charge < -0.3 is 19.8 Å². The topological polar surface area (TPSA) is 105 Å². The lowest BCUT2D eigenvalue weighted by Gasteiger charge is -2.19. The third kappa shape index (κ3) is 3.49. The zero-order chi connectivity index (χ0) is 20.7. The summed E-state index contributed by atoms with van der Waals surface area (Å²) in [4.78, 5) is 29.8. The van der Waals surface area contributed by atoms with Gasteiger partial charge in [0, 0.05) is 19.2 Å². The fraction of sp³-hybridized carbons (Fsp3) is 0.211. The number of carbonyl (C=O) groups is 1. The Morgan fingerprint density at radius 1 is 1.24 bits per heavy atom. The Balaban J connectivity index is 1.97. The van der Waals surface area contributed by atoms with Gasteiger partial charge in [-0.3, -0.25) is 9.36 Å². The molecule has 4 rings (SSSR count). The van der Waals surface area contributed by atoms with Gasteiger partial charge >= 0.3 is 6.16 Å². The van der Waals surface area contributed by atoms with E-state index in [2.05, 4.69) is 9.72 Å². The van der Waals surface area contributed by atoms with E-state index in [4.69, 9.17) is 5.11 Å². The molecule has 1 aliphatic heterocycles. The zero-order valence-corrected chi connectivity index (χ0v) is 14.9. The summed E-state index contributed by atoms with van der Waals surface area (Å²) in [7, 11) is 0. The second-order valence-corrected chi connectivity index (χ2v) is 6.59. The van der Waals surface area contributed by atoms with Crippen LogP contribution >= 0.6 is 0 Å². The first-order valence-corrected chi connectivity index (χ1v) is 8.69. The highest BCUT2D eigenvalue weighted by atomic mass is 19.1. The van der Waals surface area contributed by atoms with Crippen LogP contribution in [-0.4, -0.2) is 45.1 Å². The van der Waals surface area contributed by atoms with Gasteiger partial charge in [0.05, 0.1) is 23.4 Å². The number of benzene rings is 1. The predicted octanol–water partition coefficient (Wildman–Crippen LogP) is 2.29. The minimum absolute atomic E-state index is 0.00373. The van der Waals surface area contributed by atoms with Crippen molar-refractivity contribution in [1.82, 2.24) is 9.55 Å². The molecule has 1 atom stereocenters. The maximum atomic E-state index is 14.4. The van der Waals surface area contributed by atoms with Crippen LogP contribution in [0.5, 0.6) is 5.75 Å². The minimum atomic E-state index is -1.71. The molecule has 3 heterocycles. The first-order valence-electron chi connectivity index (χ1n) is 8.69. The molecule has 0 spiro atoms. The third-order valence-electron chi connectivity index (χ3n) is 4.66. The summed E-state index contributed by atoms with van der Waals surface area (Å²) in [5, 5.41) is 18.6. The molecule has 1 fully saturated rings. The molecule has 29 heavy (non-hydrogen) atoms. The van der Waals surface area contributed by atoms with Crippen LogP contribution in [0.25, 0.3) is 16.7 Å². The molecule has 0 bridgehead atoms. The number of halogens is 2. The van der Waals surface area contributed by atoms with Crippen molar-refractivity contribution in [1.29, 1.82) is 0 Å². The van der Waals surface area contributed by atoms with E-state index in [1.54, 1.807) is 6.07 Å². The molecule has 8 nitrogen and oxygen atoms in total. The lowest BCUT2D eigenvalue weighted by atomic mass is 10.2. The van der Waals surface area contributed by atoms with Gasteiger partial charge in [0.2, 0.25) is 5.43 Å². The van der Waals surface area contributed by atoms with Gasteiger partial charge in [-0.2, -0.15) is 0 Å². The average Bonchev–Trinajstić information content (AvgIpc) is 3.10. The molecule has 1 unspecified atom stereocenters. The van der Waals surface area contributed by atoms with Crippen LogP contribution in [0, 0.1) is 11.6 Å². The van der Waals surface area contributed by atoms with E-state index in [1.165, 1.54) is 6.07 Å². The highest BCUT2D eigenvalue weighted by molar-refractivity contribution is 5.81. The van der Waals surface area contributed by atoms with Gasteiger partial charge in [-0.15, -0.1) is 0 Å². The number of pyridine rings is 2. The van der Waals surface area contributed by atoms with E-state index in [-0.39, 0.29) is 16.7 Å². The van der Waals surface area contributed by atoms with Crippen LogP contribution in [0.1, 0.15) is 6.42 Å². The standard InChI is InChI=1S/C19H15F2N3O5/c20-10-1-3-14(13(21)7-10)24-9-15(29-19(27)28)17(26)12-2-4-16(22-18(12)24)23-6-5-11(25)8-23/h1-4,7,9,11,25H,5-6,8H2,(H,27,28). The number of rotatable bonds is 3. The van der Waals surface area contributed by atoms with Crippen LogP contribution in [0.2, 0.25) is 0 Å². The Morgan fingerprint density at radius 3 is 2.69 bits per heavy atom. The molecule has 3 aromatic rings. The summed E-state index contributed by atoms with van der Waals surface area (Å²) in [6.45, 7) is 0.906. The number of aromatic nitrogens is 2. The number of nitrogens with zero attached hydrogens (tertiary/aromatic N) is 3. The molecule has 0 aliphatic carbocycles. The van der Waals surface area contributed by atoms with Gasteiger partial charge in [0.25, 0.3) is 0 Å². The van der Waals surface area contributed by atoms with Crippen LogP contribution in [0.3, 0.4) is 0 Å². The number of carboxylic acid groups (broad SMARTS) is 1. The monoisotopic (exact) mass is 403 g/mol. The molecule has 150 valence electrons. The van der Waals surface area contributed by atoms with Crippen molar-refractivity contribution in [2.45, 2.75) is 12.5 Å². The quantitative estimate of drug-likeness (QED) is 0.647. The number of ether oxygens (including phenoxy) is 1. The lowest BCUT2D eigenvalue weighted by molar-refractivity contribution is 0.144. The van der Waals surface area contributed by atoms with Crippen LogP contribution in [0.4, 0.5) is 19.4 Å². The summed E-state index contributed by atoms with van der Waals surface area (Å²) in [6, 6.07) is 5.82. The molecule has 1 saturated heterocycles. The van der Waals surface area contributed by atoms with Crippen molar-refractivity contribution in [2.75, 3.05) is 18.0 Å². The molecule has 2 aromatic heterocycles. The van der Waals surface area contributed by atoms with Gasteiger partial charge in [-0.05, 0) is 30.7 Å². The van der Waals surface area contributed by atoms with Gasteiger partial charge in [-0.25, -0.2) is 18.6 Å². The van der Waals surface area contributed by atoms with Crippen molar-refractivity contribution < 1.29 is 28.5 Å². The van der Waals surface area contributed by atoms with Crippen LogP contribution < -0.4 is 15.1 Å². The van der Waals surface area contributed by atoms with E-state index >= 15 is 0 Å². The van der Waals surface area contributed by atoms with Crippen molar-refractivity contribution in [3.05, 3.63) is 58.4 Å². The number of hydrogen-bond acceptors (Lipinski definition) is 6. The molecule has 2 N–H and O–H groups in total. The normalized spacial score (nSPS) is 16.4. The number of anilines is 1. The first-order chi connectivity index (χ1) is 13.8. The molecule has 1 aliphatic rings. The molecular weight excluding hydrogens is 388 g/mol. The minimum Gasteiger partial charge on any atom is -0.449 e.